The quantitative estimate of drug-likeness (QED) is 0.822. The Labute approximate surface area is 118 Å². The van der Waals surface area contributed by atoms with Gasteiger partial charge in [-0.05, 0) is 49.2 Å². The van der Waals surface area contributed by atoms with Gasteiger partial charge in [-0.2, -0.15) is 0 Å². The molecule has 3 nitrogen and oxygen atoms in total. The lowest BCUT2D eigenvalue weighted by Crippen LogP contribution is -2.17. The normalized spacial score (nSPS) is 10.6. The van der Waals surface area contributed by atoms with E-state index in [1.807, 2.05) is 25.1 Å². The number of benzene rings is 1. The van der Waals surface area contributed by atoms with Gasteiger partial charge in [0, 0.05) is 18.3 Å². The van der Waals surface area contributed by atoms with Gasteiger partial charge < -0.3 is 10.1 Å². The first-order valence-electron chi connectivity index (χ1n) is 6.64. The van der Waals surface area contributed by atoms with E-state index in [0.29, 0.717) is 12.4 Å². The first kappa shape index (κ1) is 14.5. The molecule has 0 bridgehead atoms. The number of hydrogen-bond acceptors (Lipinski definition) is 3. The van der Waals surface area contributed by atoms with Crippen molar-refractivity contribution >= 4 is 0 Å². The van der Waals surface area contributed by atoms with Crippen molar-refractivity contribution in [3.63, 3.8) is 0 Å². The topological polar surface area (TPSA) is 34.1 Å². The molecule has 0 aliphatic rings. The number of ether oxygens (including phenoxy) is 1. The smallest absolute Gasteiger partial charge is 0.217 e. The van der Waals surface area contributed by atoms with E-state index in [9.17, 15) is 4.39 Å². The number of aryl methyl sites for hydroxylation is 1. The van der Waals surface area contributed by atoms with E-state index < -0.39 is 0 Å². The zero-order valence-corrected chi connectivity index (χ0v) is 11.8. The molecule has 1 heterocycles. The van der Waals surface area contributed by atoms with Crippen molar-refractivity contribution in [3.8, 4) is 5.88 Å². The summed E-state index contributed by atoms with van der Waals surface area (Å²) < 4.78 is 18.2. The zero-order chi connectivity index (χ0) is 14.4. The highest BCUT2D eigenvalue weighted by molar-refractivity contribution is 5.27. The van der Waals surface area contributed by atoms with Crippen molar-refractivity contribution in [2.45, 2.75) is 19.9 Å². The molecule has 0 atom stereocenters. The van der Waals surface area contributed by atoms with Crippen LogP contribution in [0.2, 0.25) is 0 Å². The van der Waals surface area contributed by atoms with Gasteiger partial charge in [-0.15, -0.1) is 0 Å². The van der Waals surface area contributed by atoms with Crippen molar-refractivity contribution in [1.82, 2.24) is 10.3 Å². The van der Waals surface area contributed by atoms with Crippen molar-refractivity contribution in [2.24, 2.45) is 0 Å². The summed E-state index contributed by atoms with van der Waals surface area (Å²) in [4.78, 5) is 4.15. The summed E-state index contributed by atoms with van der Waals surface area (Å²) in [5.74, 6) is 0.470. The predicted octanol–water partition coefficient (Wildman–Crippen LogP) is 2.87. The number of aromatic nitrogens is 1. The second-order valence-corrected chi connectivity index (χ2v) is 4.67. The van der Waals surface area contributed by atoms with E-state index in [2.05, 4.69) is 10.3 Å². The maximum atomic E-state index is 13.0. The Bertz CT molecular complexity index is 572. The highest BCUT2D eigenvalue weighted by atomic mass is 19.1. The fourth-order valence-corrected chi connectivity index (χ4v) is 2.13. The molecule has 0 spiro atoms. The van der Waals surface area contributed by atoms with Crippen LogP contribution in [-0.2, 0) is 13.0 Å². The molecule has 0 amide bonds. The van der Waals surface area contributed by atoms with Gasteiger partial charge in [0.05, 0.1) is 7.11 Å². The van der Waals surface area contributed by atoms with E-state index in [0.717, 1.165) is 29.7 Å². The van der Waals surface area contributed by atoms with E-state index in [1.165, 1.54) is 6.07 Å². The number of halogens is 1. The lowest BCUT2D eigenvalue weighted by Gasteiger charge is -2.09. The average molecular weight is 274 g/mol. The Hall–Kier alpha value is -1.94. The molecule has 106 valence electrons. The SMILES string of the molecule is COc1ncccc1CNCCc1ccc(F)cc1C. The van der Waals surface area contributed by atoms with Crippen LogP contribution >= 0.6 is 0 Å². The first-order valence-corrected chi connectivity index (χ1v) is 6.64. The van der Waals surface area contributed by atoms with Crippen molar-refractivity contribution < 1.29 is 9.13 Å². The molecule has 20 heavy (non-hydrogen) atoms. The molecule has 0 unspecified atom stereocenters. The van der Waals surface area contributed by atoms with Gasteiger partial charge in [0.2, 0.25) is 5.88 Å². The van der Waals surface area contributed by atoms with Crippen LogP contribution in [0.15, 0.2) is 36.5 Å². The molecule has 0 radical (unpaired) electrons. The summed E-state index contributed by atoms with van der Waals surface area (Å²) in [5.41, 5.74) is 3.19. The summed E-state index contributed by atoms with van der Waals surface area (Å²) in [6.45, 7) is 3.46. The average Bonchev–Trinajstić information content (AvgIpc) is 2.46. The summed E-state index contributed by atoms with van der Waals surface area (Å²) in [6, 6.07) is 8.80. The van der Waals surface area contributed by atoms with Crippen LogP contribution in [0.5, 0.6) is 5.88 Å². The number of nitrogens with one attached hydrogen (secondary N) is 1. The van der Waals surface area contributed by atoms with Crippen LogP contribution in [0.25, 0.3) is 0 Å². The van der Waals surface area contributed by atoms with Crippen LogP contribution in [0, 0.1) is 12.7 Å². The number of nitrogens with zero attached hydrogens (tertiary/aromatic N) is 1. The monoisotopic (exact) mass is 274 g/mol. The molecule has 4 heteroatoms. The van der Waals surface area contributed by atoms with E-state index in [-0.39, 0.29) is 5.82 Å². The number of methoxy groups -OCH3 is 1. The van der Waals surface area contributed by atoms with Gasteiger partial charge in [-0.3, -0.25) is 0 Å². The highest BCUT2D eigenvalue weighted by Crippen LogP contribution is 2.13. The third kappa shape index (κ3) is 3.78. The maximum Gasteiger partial charge on any atom is 0.217 e. The summed E-state index contributed by atoms with van der Waals surface area (Å²) in [6.07, 6.45) is 2.58. The molecule has 0 fully saturated rings. The second-order valence-electron chi connectivity index (χ2n) is 4.67. The van der Waals surface area contributed by atoms with Gasteiger partial charge in [-0.1, -0.05) is 12.1 Å². The molecule has 0 saturated heterocycles. The van der Waals surface area contributed by atoms with Gasteiger partial charge >= 0.3 is 0 Å². The number of hydrogen-bond donors (Lipinski definition) is 1. The molecule has 2 aromatic rings. The van der Waals surface area contributed by atoms with Gasteiger partial charge in [0.25, 0.3) is 0 Å². The summed E-state index contributed by atoms with van der Waals surface area (Å²) in [7, 11) is 1.62. The Morgan fingerprint density at radius 3 is 2.85 bits per heavy atom. The molecule has 0 aliphatic carbocycles. The standard InChI is InChI=1S/C16H19FN2O/c1-12-10-15(17)6-5-13(12)7-9-18-11-14-4-3-8-19-16(14)20-2/h3-6,8,10,18H,7,9,11H2,1-2H3. The Morgan fingerprint density at radius 1 is 1.25 bits per heavy atom. The predicted molar refractivity (Wildman–Crippen MR) is 77.3 cm³/mol. The van der Waals surface area contributed by atoms with E-state index in [4.69, 9.17) is 4.74 Å². The summed E-state index contributed by atoms with van der Waals surface area (Å²) >= 11 is 0. The van der Waals surface area contributed by atoms with Crippen LogP contribution in [-0.4, -0.2) is 18.6 Å². The van der Waals surface area contributed by atoms with Crippen LogP contribution in [0.4, 0.5) is 4.39 Å². The molecule has 2 rings (SSSR count). The Kier molecular flexibility index (Phi) is 5.07. The van der Waals surface area contributed by atoms with Crippen LogP contribution in [0.3, 0.4) is 0 Å². The minimum atomic E-state index is -0.181. The van der Waals surface area contributed by atoms with Crippen molar-refractivity contribution in [1.29, 1.82) is 0 Å². The van der Waals surface area contributed by atoms with Crippen LogP contribution < -0.4 is 10.1 Å². The van der Waals surface area contributed by atoms with Gasteiger partial charge in [0.1, 0.15) is 5.82 Å². The largest absolute Gasteiger partial charge is 0.481 e. The zero-order valence-electron chi connectivity index (χ0n) is 11.8. The second kappa shape index (κ2) is 7.01. The lowest BCUT2D eigenvalue weighted by atomic mass is 10.1. The molecule has 0 aliphatic heterocycles. The lowest BCUT2D eigenvalue weighted by molar-refractivity contribution is 0.390. The van der Waals surface area contributed by atoms with E-state index in [1.54, 1.807) is 19.4 Å². The van der Waals surface area contributed by atoms with Crippen molar-refractivity contribution in [3.05, 3.63) is 59.0 Å². The molecule has 0 saturated carbocycles. The molecular weight excluding hydrogens is 255 g/mol. The molecule has 1 aromatic carbocycles. The molecule has 1 N–H and O–H groups in total. The molecular formula is C16H19FN2O. The highest BCUT2D eigenvalue weighted by Gasteiger charge is 2.03. The number of pyridine rings is 1. The summed E-state index contributed by atoms with van der Waals surface area (Å²) in [5, 5.41) is 3.35. The third-order valence-electron chi connectivity index (χ3n) is 3.23. The number of rotatable bonds is 6. The van der Waals surface area contributed by atoms with Crippen LogP contribution in [0.1, 0.15) is 16.7 Å². The van der Waals surface area contributed by atoms with E-state index >= 15 is 0 Å². The van der Waals surface area contributed by atoms with Gasteiger partial charge in [-0.25, -0.2) is 9.37 Å². The Balaban J connectivity index is 1.84. The fourth-order valence-electron chi connectivity index (χ4n) is 2.13. The van der Waals surface area contributed by atoms with Crippen molar-refractivity contribution in [2.75, 3.05) is 13.7 Å². The minimum absolute atomic E-state index is 0.181. The fraction of sp³-hybridized carbons (Fsp3) is 0.312. The van der Waals surface area contributed by atoms with Gasteiger partial charge in [0.15, 0.2) is 0 Å². The Morgan fingerprint density at radius 2 is 2.10 bits per heavy atom. The first-order chi connectivity index (χ1) is 9.70. The molecule has 1 aromatic heterocycles. The maximum absolute atomic E-state index is 13.0. The third-order valence-corrected chi connectivity index (χ3v) is 3.23. The minimum Gasteiger partial charge on any atom is -0.481 e.